The van der Waals surface area contributed by atoms with Gasteiger partial charge in [-0.2, -0.15) is 8.78 Å². The van der Waals surface area contributed by atoms with Gasteiger partial charge in [-0.15, -0.1) is 0 Å². The molecule has 13 heavy (non-hydrogen) atoms. The van der Waals surface area contributed by atoms with Gasteiger partial charge in [0.1, 0.15) is 0 Å². The highest BCUT2D eigenvalue weighted by molar-refractivity contribution is 6.30. The van der Waals surface area contributed by atoms with Gasteiger partial charge in [0.25, 0.3) is 0 Å². The quantitative estimate of drug-likeness (QED) is 0.760. The molecule has 0 heterocycles. The predicted molar refractivity (Wildman–Crippen MR) is 44.6 cm³/mol. The lowest BCUT2D eigenvalue weighted by Crippen LogP contribution is -2.03. The van der Waals surface area contributed by atoms with Crippen LogP contribution in [0.3, 0.4) is 0 Å². The molecular weight excluding hydrogens is 202 g/mol. The number of halogens is 3. The number of ether oxygens (including phenoxy) is 2. The molecule has 0 unspecified atom stereocenters. The first kappa shape index (κ1) is 10.1. The van der Waals surface area contributed by atoms with Crippen LogP contribution in [0.5, 0.6) is 11.5 Å². The van der Waals surface area contributed by atoms with Gasteiger partial charge in [0, 0.05) is 11.1 Å². The minimum absolute atomic E-state index is 0.0260. The van der Waals surface area contributed by atoms with Crippen LogP contribution in [0.25, 0.3) is 0 Å². The van der Waals surface area contributed by atoms with Crippen LogP contribution in [-0.4, -0.2) is 13.7 Å². The molecule has 5 heteroatoms. The Labute approximate surface area is 79.0 Å². The predicted octanol–water partition coefficient (Wildman–Crippen LogP) is 2.95. The van der Waals surface area contributed by atoms with Gasteiger partial charge in [0.2, 0.25) is 0 Å². The standard InChI is InChI=1S/C8H7ClF2O2/c1-12-7-4-5(9)2-3-6(7)13-8(10)11/h2-4,8H,1H3. The Hall–Kier alpha value is -1.03. The van der Waals surface area contributed by atoms with Crippen molar-refractivity contribution in [2.75, 3.05) is 7.11 Å². The third-order valence-corrected chi connectivity index (χ3v) is 1.58. The summed E-state index contributed by atoms with van der Waals surface area (Å²) in [5.41, 5.74) is 0. The monoisotopic (exact) mass is 208 g/mol. The summed E-state index contributed by atoms with van der Waals surface area (Å²) in [5, 5.41) is 0.401. The van der Waals surface area contributed by atoms with Gasteiger partial charge in [-0.05, 0) is 12.1 Å². The maximum absolute atomic E-state index is 11.8. The maximum atomic E-state index is 11.8. The Morgan fingerprint density at radius 1 is 1.31 bits per heavy atom. The Kier molecular flexibility index (Phi) is 3.31. The molecule has 0 N–H and O–H groups in total. The Bertz CT molecular complexity index is 291. The van der Waals surface area contributed by atoms with E-state index in [1.807, 2.05) is 0 Å². The number of hydrogen-bond acceptors (Lipinski definition) is 2. The van der Waals surface area contributed by atoms with Gasteiger partial charge < -0.3 is 9.47 Å². The molecule has 1 aromatic rings. The smallest absolute Gasteiger partial charge is 0.387 e. The average molecular weight is 209 g/mol. The van der Waals surface area contributed by atoms with E-state index in [0.29, 0.717) is 5.02 Å². The molecule has 0 spiro atoms. The van der Waals surface area contributed by atoms with E-state index in [9.17, 15) is 8.78 Å². The van der Waals surface area contributed by atoms with E-state index < -0.39 is 6.61 Å². The van der Waals surface area contributed by atoms with Crippen LogP contribution >= 0.6 is 11.6 Å². The summed E-state index contributed by atoms with van der Waals surface area (Å²) in [5.74, 6) is 0.162. The van der Waals surface area contributed by atoms with Crippen LogP contribution in [0.2, 0.25) is 5.02 Å². The van der Waals surface area contributed by atoms with Crippen LogP contribution in [0.15, 0.2) is 18.2 Å². The van der Waals surface area contributed by atoms with Crippen LogP contribution in [0, 0.1) is 0 Å². The lowest BCUT2D eigenvalue weighted by atomic mass is 10.3. The summed E-state index contributed by atoms with van der Waals surface area (Å²) in [7, 11) is 1.35. The number of alkyl halides is 2. The second kappa shape index (κ2) is 4.28. The Morgan fingerprint density at radius 3 is 2.54 bits per heavy atom. The van der Waals surface area contributed by atoms with Crippen molar-refractivity contribution in [1.29, 1.82) is 0 Å². The van der Waals surface area contributed by atoms with E-state index in [2.05, 4.69) is 4.74 Å². The molecule has 2 nitrogen and oxygen atoms in total. The largest absolute Gasteiger partial charge is 0.493 e. The van der Waals surface area contributed by atoms with Crippen molar-refractivity contribution in [3.05, 3.63) is 23.2 Å². The van der Waals surface area contributed by atoms with Gasteiger partial charge in [-0.1, -0.05) is 11.6 Å². The summed E-state index contributed by atoms with van der Waals surface area (Å²) >= 11 is 5.61. The fourth-order valence-corrected chi connectivity index (χ4v) is 0.997. The fourth-order valence-electron chi connectivity index (χ4n) is 0.835. The Balaban J connectivity index is 2.92. The number of rotatable bonds is 3. The summed E-state index contributed by atoms with van der Waals surface area (Å²) in [6, 6.07) is 4.17. The van der Waals surface area contributed by atoms with Crippen molar-refractivity contribution in [3.8, 4) is 11.5 Å². The maximum Gasteiger partial charge on any atom is 0.387 e. The second-order valence-corrected chi connectivity index (χ2v) is 2.61. The molecule has 0 saturated heterocycles. The van der Waals surface area contributed by atoms with E-state index in [-0.39, 0.29) is 11.5 Å². The topological polar surface area (TPSA) is 18.5 Å². The molecule has 0 aromatic heterocycles. The van der Waals surface area contributed by atoms with Crippen LogP contribution in [0.1, 0.15) is 0 Å². The molecule has 0 saturated carbocycles. The van der Waals surface area contributed by atoms with Crippen LogP contribution < -0.4 is 9.47 Å². The van der Waals surface area contributed by atoms with Crippen LogP contribution in [-0.2, 0) is 0 Å². The molecule has 0 amide bonds. The molecule has 72 valence electrons. The minimum Gasteiger partial charge on any atom is -0.493 e. The van der Waals surface area contributed by atoms with E-state index in [1.165, 1.54) is 25.3 Å². The molecule has 1 rings (SSSR count). The molecule has 0 aliphatic heterocycles. The fraction of sp³-hybridized carbons (Fsp3) is 0.250. The van der Waals surface area contributed by atoms with E-state index in [0.717, 1.165) is 0 Å². The molecule has 1 aromatic carbocycles. The zero-order valence-corrected chi connectivity index (χ0v) is 7.52. The molecule has 0 radical (unpaired) electrons. The molecule has 0 aliphatic rings. The van der Waals surface area contributed by atoms with Gasteiger partial charge in [0.05, 0.1) is 7.11 Å². The summed E-state index contributed by atoms with van der Waals surface area (Å²) < 4.78 is 32.6. The zero-order chi connectivity index (χ0) is 9.84. The molecule has 0 bridgehead atoms. The normalized spacial score (nSPS) is 10.2. The van der Waals surface area contributed by atoms with Crippen LogP contribution in [0.4, 0.5) is 8.78 Å². The first-order valence-corrected chi connectivity index (χ1v) is 3.79. The highest BCUT2D eigenvalue weighted by Gasteiger charge is 2.09. The molecule has 0 fully saturated rings. The van der Waals surface area contributed by atoms with Crippen molar-refractivity contribution in [1.82, 2.24) is 0 Å². The van der Waals surface area contributed by atoms with Crippen molar-refractivity contribution in [2.45, 2.75) is 6.61 Å². The molecule has 0 atom stereocenters. The zero-order valence-electron chi connectivity index (χ0n) is 6.76. The second-order valence-electron chi connectivity index (χ2n) is 2.17. The minimum atomic E-state index is -2.87. The third kappa shape index (κ3) is 2.73. The first-order chi connectivity index (χ1) is 6.13. The first-order valence-electron chi connectivity index (χ1n) is 3.42. The van der Waals surface area contributed by atoms with E-state index in [1.54, 1.807) is 0 Å². The van der Waals surface area contributed by atoms with Gasteiger partial charge in [-0.3, -0.25) is 0 Å². The number of methoxy groups -OCH3 is 1. The van der Waals surface area contributed by atoms with Gasteiger partial charge >= 0.3 is 6.61 Å². The van der Waals surface area contributed by atoms with Crippen molar-refractivity contribution in [3.63, 3.8) is 0 Å². The number of hydrogen-bond donors (Lipinski definition) is 0. The molecule has 0 aliphatic carbocycles. The van der Waals surface area contributed by atoms with E-state index >= 15 is 0 Å². The third-order valence-electron chi connectivity index (χ3n) is 1.34. The van der Waals surface area contributed by atoms with E-state index in [4.69, 9.17) is 16.3 Å². The SMILES string of the molecule is COc1cc(Cl)ccc1OC(F)F. The Morgan fingerprint density at radius 2 is 2.00 bits per heavy atom. The average Bonchev–Trinajstić information content (AvgIpc) is 2.07. The van der Waals surface area contributed by atoms with Gasteiger partial charge in [-0.25, -0.2) is 0 Å². The van der Waals surface area contributed by atoms with Gasteiger partial charge in [0.15, 0.2) is 11.5 Å². The highest BCUT2D eigenvalue weighted by Crippen LogP contribution is 2.30. The lowest BCUT2D eigenvalue weighted by Gasteiger charge is -2.09. The molecular formula is C8H7ClF2O2. The summed E-state index contributed by atoms with van der Waals surface area (Å²) in [4.78, 5) is 0. The highest BCUT2D eigenvalue weighted by atomic mass is 35.5. The summed E-state index contributed by atoms with van der Waals surface area (Å²) in [6.45, 7) is -2.87. The number of benzene rings is 1. The van der Waals surface area contributed by atoms with Crippen molar-refractivity contribution in [2.24, 2.45) is 0 Å². The van der Waals surface area contributed by atoms with Crippen molar-refractivity contribution < 1.29 is 18.3 Å². The summed E-state index contributed by atoms with van der Waals surface area (Å²) in [6.07, 6.45) is 0. The van der Waals surface area contributed by atoms with Crippen molar-refractivity contribution >= 4 is 11.6 Å². The lowest BCUT2D eigenvalue weighted by molar-refractivity contribution is -0.0512.